The van der Waals surface area contributed by atoms with E-state index in [-0.39, 0.29) is 0 Å². The second-order valence-corrected chi connectivity index (χ2v) is 4.43. The summed E-state index contributed by atoms with van der Waals surface area (Å²) in [5.41, 5.74) is 0. The van der Waals surface area contributed by atoms with E-state index in [1.165, 1.54) is 32.1 Å². The van der Waals surface area contributed by atoms with Crippen LogP contribution in [0.3, 0.4) is 0 Å². The van der Waals surface area contributed by atoms with E-state index in [0.29, 0.717) is 0 Å². The molecule has 0 unspecified atom stereocenters. The third-order valence-electron chi connectivity index (χ3n) is 3.41. The molecule has 0 nitrogen and oxygen atoms in total. The number of rotatable bonds is 2. The summed E-state index contributed by atoms with van der Waals surface area (Å²) in [7, 11) is 0. The van der Waals surface area contributed by atoms with Crippen LogP contribution in [0.4, 0.5) is 0 Å². The van der Waals surface area contributed by atoms with Crippen molar-refractivity contribution in [3.8, 4) is 0 Å². The van der Waals surface area contributed by atoms with Crippen molar-refractivity contribution in [1.82, 2.24) is 0 Å². The van der Waals surface area contributed by atoms with E-state index in [1.54, 1.807) is 0 Å². The standard InChI is InChI=1S/C11H22.C2H6/c1-4-10-5-7-11(8-6-10)9(2)3;1-2/h9-11H,4-8H2,1-3H3;1-2H3. The van der Waals surface area contributed by atoms with Crippen molar-refractivity contribution in [2.24, 2.45) is 17.8 Å². The molecule has 0 aliphatic heterocycles. The van der Waals surface area contributed by atoms with Gasteiger partial charge in [0.15, 0.2) is 0 Å². The Morgan fingerprint density at radius 2 is 1.46 bits per heavy atom. The van der Waals surface area contributed by atoms with Crippen LogP contribution < -0.4 is 0 Å². The lowest BCUT2D eigenvalue weighted by Gasteiger charge is -2.30. The summed E-state index contributed by atoms with van der Waals surface area (Å²) < 4.78 is 0. The van der Waals surface area contributed by atoms with Gasteiger partial charge in [0.2, 0.25) is 0 Å². The van der Waals surface area contributed by atoms with E-state index >= 15 is 0 Å². The molecule has 0 saturated heterocycles. The lowest BCUT2D eigenvalue weighted by atomic mass is 9.76. The summed E-state index contributed by atoms with van der Waals surface area (Å²) in [5.74, 6) is 3.02. The van der Waals surface area contributed by atoms with E-state index in [1.807, 2.05) is 13.8 Å². The molecule has 0 spiro atoms. The largest absolute Gasteiger partial charge is 0.0683 e. The Balaban J connectivity index is 0.000000671. The molecule has 1 aliphatic rings. The SMILES string of the molecule is CC.CCC1CCC(C(C)C)CC1. The molecule has 0 aromatic rings. The zero-order valence-electron chi connectivity index (χ0n) is 10.3. The fourth-order valence-electron chi connectivity index (χ4n) is 2.26. The van der Waals surface area contributed by atoms with Gasteiger partial charge in [-0.05, 0) is 30.6 Å². The molecule has 80 valence electrons. The van der Waals surface area contributed by atoms with Gasteiger partial charge < -0.3 is 0 Å². The first kappa shape index (κ1) is 13.0. The van der Waals surface area contributed by atoms with Crippen molar-refractivity contribution in [2.45, 2.75) is 66.7 Å². The highest BCUT2D eigenvalue weighted by atomic mass is 14.3. The van der Waals surface area contributed by atoms with Crippen molar-refractivity contribution < 1.29 is 0 Å². The Hall–Kier alpha value is 0. The van der Waals surface area contributed by atoms with Crippen molar-refractivity contribution in [2.75, 3.05) is 0 Å². The zero-order chi connectivity index (χ0) is 10.3. The van der Waals surface area contributed by atoms with Gasteiger partial charge in [-0.3, -0.25) is 0 Å². The van der Waals surface area contributed by atoms with Gasteiger partial charge in [0, 0.05) is 0 Å². The molecular weight excluding hydrogens is 156 g/mol. The third kappa shape index (κ3) is 4.69. The highest BCUT2D eigenvalue weighted by Crippen LogP contribution is 2.34. The second kappa shape index (κ2) is 7.41. The van der Waals surface area contributed by atoms with Crippen LogP contribution in [0, 0.1) is 17.8 Å². The molecule has 1 saturated carbocycles. The van der Waals surface area contributed by atoms with Gasteiger partial charge in [-0.25, -0.2) is 0 Å². The summed E-state index contributed by atoms with van der Waals surface area (Å²) in [6, 6.07) is 0. The first-order chi connectivity index (χ1) is 6.24. The van der Waals surface area contributed by atoms with Crippen molar-refractivity contribution >= 4 is 0 Å². The fourth-order valence-corrected chi connectivity index (χ4v) is 2.26. The third-order valence-corrected chi connectivity index (χ3v) is 3.41. The number of hydrogen-bond donors (Lipinski definition) is 0. The normalized spacial score (nSPS) is 28.2. The molecule has 0 bridgehead atoms. The molecule has 0 radical (unpaired) electrons. The summed E-state index contributed by atoms with van der Waals surface area (Å²) >= 11 is 0. The van der Waals surface area contributed by atoms with Crippen molar-refractivity contribution in [3.05, 3.63) is 0 Å². The van der Waals surface area contributed by atoms with Crippen LogP contribution in [-0.2, 0) is 0 Å². The molecule has 1 aliphatic carbocycles. The highest BCUT2D eigenvalue weighted by molar-refractivity contribution is 4.73. The first-order valence-electron chi connectivity index (χ1n) is 6.24. The lowest BCUT2D eigenvalue weighted by Crippen LogP contribution is -2.17. The minimum atomic E-state index is 0.924. The molecule has 0 aromatic carbocycles. The quantitative estimate of drug-likeness (QED) is 0.573. The Bertz CT molecular complexity index is 96.6. The number of hydrogen-bond acceptors (Lipinski definition) is 0. The van der Waals surface area contributed by atoms with Crippen LogP contribution in [-0.4, -0.2) is 0 Å². The van der Waals surface area contributed by atoms with Gasteiger partial charge >= 0.3 is 0 Å². The maximum absolute atomic E-state index is 2.37. The van der Waals surface area contributed by atoms with Crippen LogP contribution in [0.25, 0.3) is 0 Å². The molecule has 0 N–H and O–H groups in total. The average Bonchev–Trinajstić information content (AvgIpc) is 2.21. The van der Waals surface area contributed by atoms with Crippen molar-refractivity contribution in [3.63, 3.8) is 0 Å². The smallest absolute Gasteiger partial charge is 0.0391 e. The minimum Gasteiger partial charge on any atom is -0.0683 e. The summed E-state index contributed by atoms with van der Waals surface area (Å²) in [6.07, 6.45) is 7.40. The predicted molar refractivity (Wildman–Crippen MR) is 61.9 cm³/mol. The van der Waals surface area contributed by atoms with E-state index in [4.69, 9.17) is 0 Å². The molecule has 1 fully saturated rings. The van der Waals surface area contributed by atoms with E-state index in [0.717, 1.165) is 17.8 Å². The second-order valence-electron chi connectivity index (χ2n) is 4.43. The highest BCUT2D eigenvalue weighted by Gasteiger charge is 2.21. The first-order valence-corrected chi connectivity index (χ1v) is 6.24. The van der Waals surface area contributed by atoms with E-state index in [2.05, 4.69) is 20.8 Å². The Labute approximate surface area is 85.1 Å². The molecule has 0 heteroatoms. The lowest BCUT2D eigenvalue weighted by molar-refractivity contribution is 0.221. The van der Waals surface area contributed by atoms with Gasteiger partial charge in [0.05, 0.1) is 0 Å². The summed E-state index contributed by atoms with van der Waals surface area (Å²) in [5, 5.41) is 0. The Morgan fingerprint density at radius 3 is 1.77 bits per heavy atom. The fraction of sp³-hybridized carbons (Fsp3) is 1.00. The topological polar surface area (TPSA) is 0 Å². The minimum absolute atomic E-state index is 0.924. The molecule has 0 amide bonds. The van der Waals surface area contributed by atoms with Gasteiger partial charge in [0.25, 0.3) is 0 Å². The van der Waals surface area contributed by atoms with Crippen LogP contribution in [0.2, 0.25) is 0 Å². The van der Waals surface area contributed by atoms with Gasteiger partial charge in [-0.2, -0.15) is 0 Å². The summed E-state index contributed by atoms with van der Waals surface area (Å²) in [6.45, 7) is 11.1. The van der Waals surface area contributed by atoms with Gasteiger partial charge in [-0.1, -0.05) is 53.9 Å². The van der Waals surface area contributed by atoms with Crippen molar-refractivity contribution in [1.29, 1.82) is 0 Å². The maximum atomic E-state index is 2.37. The van der Waals surface area contributed by atoms with Crippen LogP contribution in [0.1, 0.15) is 66.7 Å². The van der Waals surface area contributed by atoms with Crippen LogP contribution >= 0.6 is 0 Å². The maximum Gasteiger partial charge on any atom is -0.0391 e. The Kier molecular flexibility index (Phi) is 7.41. The predicted octanol–water partition coefficient (Wildman–Crippen LogP) is 4.89. The van der Waals surface area contributed by atoms with E-state index < -0.39 is 0 Å². The van der Waals surface area contributed by atoms with Crippen LogP contribution in [0.5, 0.6) is 0 Å². The van der Waals surface area contributed by atoms with Gasteiger partial charge in [-0.15, -0.1) is 0 Å². The monoisotopic (exact) mass is 184 g/mol. The van der Waals surface area contributed by atoms with E-state index in [9.17, 15) is 0 Å². The van der Waals surface area contributed by atoms with Gasteiger partial charge in [0.1, 0.15) is 0 Å². The molecule has 0 heterocycles. The summed E-state index contributed by atoms with van der Waals surface area (Å²) in [4.78, 5) is 0. The molecule has 1 rings (SSSR count). The van der Waals surface area contributed by atoms with Crippen LogP contribution in [0.15, 0.2) is 0 Å². The molecule has 13 heavy (non-hydrogen) atoms. The Morgan fingerprint density at radius 1 is 1.00 bits per heavy atom. The molecule has 0 atom stereocenters. The zero-order valence-corrected chi connectivity index (χ0v) is 10.3. The average molecular weight is 184 g/mol. The molecular formula is C13H28. The molecule has 0 aromatic heterocycles.